The fourth-order valence-corrected chi connectivity index (χ4v) is 3.74. The van der Waals surface area contributed by atoms with Gasteiger partial charge in [0, 0.05) is 21.8 Å². The molecule has 0 spiro atoms. The largest absolute Gasteiger partial charge is 0.488 e. The molecule has 0 aliphatic carbocycles. The second kappa shape index (κ2) is 8.19. The van der Waals surface area contributed by atoms with Crippen molar-refractivity contribution in [2.24, 2.45) is 0 Å². The van der Waals surface area contributed by atoms with Crippen molar-refractivity contribution in [2.45, 2.75) is 24.6 Å². The first-order valence-corrected chi connectivity index (χ1v) is 9.99. The van der Waals surface area contributed by atoms with Gasteiger partial charge in [-0.25, -0.2) is 4.39 Å². The molecule has 11 heteroatoms. The molecule has 3 aromatic rings. The number of benzene rings is 3. The average molecular weight is 504 g/mol. The zero-order valence-corrected chi connectivity index (χ0v) is 17.6. The van der Waals surface area contributed by atoms with E-state index in [9.17, 15) is 31.1 Å². The van der Waals surface area contributed by atoms with E-state index in [2.05, 4.69) is 5.32 Å². The number of hydrogen-bond acceptors (Lipinski definition) is 2. The molecule has 3 nitrogen and oxygen atoms in total. The number of halogens is 8. The molecule has 0 radical (unpaired) electrons. The van der Waals surface area contributed by atoms with E-state index in [4.69, 9.17) is 16.3 Å². The molecule has 1 aliphatic heterocycles. The molecule has 1 heterocycles. The molecule has 1 aliphatic rings. The third kappa shape index (κ3) is 4.29. The lowest BCUT2D eigenvalue weighted by molar-refractivity contribution is -0.138. The molecule has 1 amide bonds. The summed E-state index contributed by atoms with van der Waals surface area (Å²) in [5.74, 6) is -1.39. The monoisotopic (exact) mass is 503 g/mol. The summed E-state index contributed by atoms with van der Waals surface area (Å²) in [6.45, 7) is -0.273. The van der Waals surface area contributed by atoms with Crippen molar-refractivity contribution in [3.05, 3.63) is 93.5 Å². The van der Waals surface area contributed by atoms with E-state index in [0.29, 0.717) is 17.7 Å². The van der Waals surface area contributed by atoms with Crippen molar-refractivity contribution in [3.63, 3.8) is 0 Å². The Morgan fingerprint density at radius 1 is 0.824 bits per heavy atom. The van der Waals surface area contributed by atoms with E-state index < -0.39 is 35.1 Å². The molecule has 1 atom stereocenters. The van der Waals surface area contributed by atoms with Crippen LogP contribution >= 0.6 is 11.6 Å². The topological polar surface area (TPSA) is 38.3 Å². The quantitative estimate of drug-likeness (QED) is 0.385. The first-order chi connectivity index (χ1) is 15.8. The van der Waals surface area contributed by atoms with Crippen molar-refractivity contribution in [1.29, 1.82) is 0 Å². The van der Waals surface area contributed by atoms with Crippen molar-refractivity contribution in [2.75, 3.05) is 5.32 Å². The fourth-order valence-electron chi connectivity index (χ4n) is 3.57. The third-order valence-corrected chi connectivity index (χ3v) is 5.50. The molecule has 0 bridgehead atoms. The lowest BCUT2D eigenvalue weighted by Gasteiger charge is -2.22. The van der Waals surface area contributed by atoms with Crippen LogP contribution in [-0.4, -0.2) is 5.91 Å². The Kier molecular flexibility index (Phi) is 5.75. The van der Waals surface area contributed by atoms with Gasteiger partial charge >= 0.3 is 12.4 Å². The molecule has 0 fully saturated rings. The van der Waals surface area contributed by atoms with E-state index in [1.807, 2.05) is 0 Å². The van der Waals surface area contributed by atoms with E-state index in [0.717, 1.165) is 24.3 Å². The Morgan fingerprint density at radius 2 is 1.44 bits per heavy atom. The number of ether oxygens (including phenoxy) is 1. The molecule has 0 saturated heterocycles. The molecular formula is C23H13ClF7NO2. The van der Waals surface area contributed by atoms with Crippen LogP contribution in [0.5, 0.6) is 5.75 Å². The van der Waals surface area contributed by atoms with Crippen LogP contribution in [0.2, 0.25) is 5.02 Å². The summed E-state index contributed by atoms with van der Waals surface area (Å²) in [5, 5.41) is 2.15. The van der Waals surface area contributed by atoms with Crippen molar-refractivity contribution >= 4 is 23.2 Å². The van der Waals surface area contributed by atoms with Crippen LogP contribution in [0.4, 0.5) is 36.4 Å². The summed E-state index contributed by atoms with van der Waals surface area (Å²) in [4.78, 5) is 12.6. The van der Waals surface area contributed by atoms with Crippen molar-refractivity contribution in [1.82, 2.24) is 0 Å². The highest BCUT2D eigenvalue weighted by Gasteiger charge is 2.51. The van der Waals surface area contributed by atoms with Crippen LogP contribution in [0.1, 0.15) is 27.8 Å². The highest BCUT2D eigenvalue weighted by molar-refractivity contribution is 6.30. The van der Waals surface area contributed by atoms with Crippen LogP contribution < -0.4 is 10.1 Å². The molecule has 0 saturated carbocycles. The molecule has 1 unspecified atom stereocenters. The Morgan fingerprint density at radius 3 is 2.06 bits per heavy atom. The summed E-state index contributed by atoms with van der Waals surface area (Å²) in [5.41, 5.74) is -5.58. The van der Waals surface area contributed by atoms with Gasteiger partial charge in [0.15, 0.2) is 0 Å². The summed E-state index contributed by atoms with van der Waals surface area (Å²) in [7, 11) is 0. The van der Waals surface area contributed by atoms with Crippen LogP contribution in [-0.2, 0) is 29.4 Å². The number of hydrogen-bond donors (Lipinski definition) is 1. The molecule has 34 heavy (non-hydrogen) atoms. The smallest absolute Gasteiger partial charge is 0.416 e. The number of fused-ring (bicyclic) bond motifs is 1. The molecule has 1 N–H and O–H groups in total. The van der Waals surface area contributed by atoms with Gasteiger partial charge in [-0.15, -0.1) is 0 Å². The maximum absolute atomic E-state index is 16.3. The van der Waals surface area contributed by atoms with Gasteiger partial charge in [0.05, 0.1) is 11.1 Å². The molecule has 4 rings (SSSR count). The summed E-state index contributed by atoms with van der Waals surface area (Å²) >= 11 is 5.99. The first kappa shape index (κ1) is 23.9. The second-order valence-corrected chi connectivity index (χ2v) is 7.93. The number of carbonyl (C=O) groups is 1. The van der Waals surface area contributed by atoms with Gasteiger partial charge in [0.1, 0.15) is 12.4 Å². The fraction of sp³-hybridized carbons (Fsp3) is 0.174. The lowest BCUT2D eigenvalue weighted by Crippen LogP contribution is -2.31. The van der Waals surface area contributed by atoms with Crippen molar-refractivity contribution < 1.29 is 40.3 Å². The van der Waals surface area contributed by atoms with Gasteiger partial charge < -0.3 is 10.1 Å². The van der Waals surface area contributed by atoms with Crippen LogP contribution in [0, 0.1) is 0 Å². The predicted octanol–water partition coefficient (Wildman–Crippen LogP) is 7.12. The molecule has 3 aromatic carbocycles. The number of carbonyl (C=O) groups excluding carboxylic acids is 1. The van der Waals surface area contributed by atoms with Crippen LogP contribution in [0.15, 0.2) is 60.7 Å². The maximum Gasteiger partial charge on any atom is 0.416 e. The molecule has 178 valence electrons. The number of amides is 1. The minimum atomic E-state index is -4.70. The zero-order valence-electron chi connectivity index (χ0n) is 16.8. The Bertz CT molecular complexity index is 1260. The highest BCUT2D eigenvalue weighted by Crippen LogP contribution is 2.49. The first-order valence-electron chi connectivity index (χ1n) is 9.61. The van der Waals surface area contributed by atoms with Gasteiger partial charge in [0.2, 0.25) is 5.67 Å². The Hall–Kier alpha value is -3.27. The second-order valence-electron chi connectivity index (χ2n) is 7.49. The number of anilines is 1. The SMILES string of the molecule is O=C1Nc2cc(C(F)(F)F)ccc2C1(F)c1cc(Cl)ccc1OCc1ccc(C(F)(F)F)cc1. The Balaban J connectivity index is 1.68. The van der Waals surface area contributed by atoms with E-state index >= 15 is 4.39 Å². The normalized spacial score (nSPS) is 17.9. The van der Waals surface area contributed by atoms with Crippen LogP contribution in [0.3, 0.4) is 0 Å². The van der Waals surface area contributed by atoms with Gasteiger partial charge in [-0.1, -0.05) is 29.8 Å². The van der Waals surface area contributed by atoms with Gasteiger partial charge in [-0.3, -0.25) is 4.79 Å². The summed E-state index contributed by atoms with van der Waals surface area (Å²) in [6.07, 6.45) is -9.22. The van der Waals surface area contributed by atoms with E-state index in [1.165, 1.54) is 24.3 Å². The zero-order chi connectivity index (χ0) is 24.9. The lowest BCUT2D eigenvalue weighted by atomic mass is 9.88. The van der Waals surface area contributed by atoms with Gasteiger partial charge in [0.25, 0.3) is 5.91 Å². The average Bonchev–Trinajstić information content (AvgIpc) is 3.02. The van der Waals surface area contributed by atoms with E-state index in [1.54, 1.807) is 0 Å². The minimum Gasteiger partial charge on any atom is -0.488 e. The number of nitrogens with one attached hydrogen (secondary N) is 1. The van der Waals surface area contributed by atoms with Gasteiger partial charge in [-0.2, -0.15) is 26.3 Å². The number of alkyl halides is 7. The van der Waals surface area contributed by atoms with E-state index in [-0.39, 0.29) is 34.2 Å². The predicted molar refractivity (Wildman–Crippen MR) is 109 cm³/mol. The third-order valence-electron chi connectivity index (χ3n) is 5.27. The summed E-state index contributed by atoms with van der Waals surface area (Å²) in [6, 6.07) is 9.93. The Labute approximate surface area is 193 Å². The minimum absolute atomic E-state index is 0.0297. The highest BCUT2D eigenvalue weighted by atomic mass is 35.5. The molecular weight excluding hydrogens is 491 g/mol. The maximum atomic E-state index is 16.3. The summed E-state index contributed by atoms with van der Waals surface area (Å²) < 4.78 is 99.1. The number of rotatable bonds is 4. The van der Waals surface area contributed by atoms with Gasteiger partial charge in [-0.05, 0) is 48.0 Å². The van der Waals surface area contributed by atoms with Crippen LogP contribution in [0.25, 0.3) is 0 Å². The molecule has 0 aromatic heterocycles. The van der Waals surface area contributed by atoms with Crippen molar-refractivity contribution in [3.8, 4) is 5.75 Å². The standard InChI is InChI=1S/C23H13ClF7NO2/c24-15-6-8-19(34-11-12-1-3-13(4-2-12)22(26,27)28)17(10-15)21(25)16-7-5-14(23(29,30)31)9-18(16)32-20(21)33/h1-10H,11H2,(H,32,33).